The third-order valence-electron chi connectivity index (χ3n) is 3.53. The average Bonchev–Trinajstić information content (AvgIpc) is 2.83. The Bertz CT molecular complexity index is 357. The van der Waals surface area contributed by atoms with Gasteiger partial charge in [-0.25, -0.2) is 0 Å². The molecule has 0 bridgehead atoms. The highest BCUT2D eigenvalue weighted by atomic mass is 16.3. The van der Waals surface area contributed by atoms with Crippen molar-refractivity contribution in [3.05, 3.63) is 23.7 Å². The molecule has 1 aromatic rings. The molecule has 0 aliphatic carbocycles. The number of hydrogen-bond acceptors (Lipinski definition) is 3. The highest BCUT2D eigenvalue weighted by Crippen LogP contribution is 2.30. The SMILES string of the molecule is CCNCc1ccoc1CN1CCC(C)(C)C1. The molecule has 0 aromatic carbocycles. The van der Waals surface area contributed by atoms with Crippen molar-refractivity contribution in [2.45, 2.75) is 40.3 Å². The van der Waals surface area contributed by atoms with Gasteiger partial charge >= 0.3 is 0 Å². The fourth-order valence-electron chi connectivity index (χ4n) is 2.49. The second-order valence-electron chi connectivity index (χ2n) is 5.77. The molecule has 1 saturated heterocycles. The van der Waals surface area contributed by atoms with E-state index in [2.05, 4.69) is 37.1 Å². The van der Waals surface area contributed by atoms with Gasteiger partial charge in [0, 0.05) is 18.7 Å². The first kappa shape index (κ1) is 12.7. The van der Waals surface area contributed by atoms with Gasteiger partial charge < -0.3 is 9.73 Å². The maximum absolute atomic E-state index is 5.61. The van der Waals surface area contributed by atoms with E-state index in [0.29, 0.717) is 5.41 Å². The van der Waals surface area contributed by atoms with Crippen LogP contribution in [0.15, 0.2) is 16.7 Å². The first-order valence-electron chi connectivity index (χ1n) is 6.59. The van der Waals surface area contributed by atoms with Crippen LogP contribution in [-0.2, 0) is 13.1 Å². The van der Waals surface area contributed by atoms with Gasteiger partial charge in [0.2, 0.25) is 0 Å². The van der Waals surface area contributed by atoms with Gasteiger partial charge in [0.15, 0.2) is 0 Å². The van der Waals surface area contributed by atoms with Gasteiger partial charge in [-0.15, -0.1) is 0 Å². The second kappa shape index (κ2) is 5.23. The van der Waals surface area contributed by atoms with E-state index in [1.807, 2.05) is 6.26 Å². The Morgan fingerprint density at radius 3 is 2.94 bits per heavy atom. The zero-order valence-electron chi connectivity index (χ0n) is 11.3. The predicted molar refractivity (Wildman–Crippen MR) is 69.8 cm³/mol. The number of hydrogen-bond donors (Lipinski definition) is 1. The molecule has 1 aromatic heterocycles. The van der Waals surface area contributed by atoms with Crippen molar-refractivity contribution in [3.8, 4) is 0 Å². The lowest BCUT2D eigenvalue weighted by atomic mass is 9.93. The van der Waals surface area contributed by atoms with Crippen molar-refractivity contribution < 1.29 is 4.42 Å². The molecule has 0 unspecified atom stereocenters. The van der Waals surface area contributed by atoms with Crippen LogP contribution in [0.1, 0.15) is 38.5 Å². The minimum absolute atomic E-state index is 0.467. The van der Waals surface area contributed by atoms with Crippen LogP contribution in [0, 0.1) is 5.41 Å². The van der Waals surface area contributed by atoms with Crippen molar-refractivity contribution in [1.82, 2.24) is 10.2 Å². The van der Waals surface area contributed by atoms with Crippen LogP contribution < -0.4 is 5.32 Å². The molecule has 3 nitrogen and oxygen atoms in total. The van der Waals surface area contributed by atoms with E-state index in [1.54, 1.807) is 0 Å². The summed E-state index contributed by atoms with van der Waals surface area (Å²) in [7, 11) is 0. The lowest BCUT2D eigenvalue weighted by molar-refractivity contribution is 0.262. The Labute approximate surface area is 104 Å². The van der Waals surface area contributed by atoms with Gasteiger partial charge in [-0.3, -0.25) is 4.90 Å². The van der Waals surface area contributed by atoms with Crippen molar-refractivity contribution in [1.29, 1.82) is 0 Å². The third kappa shape index (κ3) is 3.33. The molecule has 2 heterocycles. The zero-order valence-corrected chi connectivity index (χ0v) is 11.3. The highest BCUT2D eigenvalue weighted by Gasteiger charge is 2.29. The normalized spacial score (nSPS) is 19.9. The maximum Gasteiger partial charge on any atom is 0.122 e. The summed E-state index contributed by atoms with van der Waals surface area (Å²) >= 11 is 0. The largest absolute Gasteiger partial charge is 0.468 e. The molecule has 2 rings (SSSR count). The van der Waals surface area contributed by atoms with E-state index in [0.717, 1.165) is 25.4 Å². The van der Waals surface area contributed by atoms with Gasteiger partial charge in [-0.05, 0) is 31.0 Å². The van der Waals surface area contributed by atoms with Crippen LogP contribution in [0.2, 0.25) is 0 Å². The van der Waals surface area contributed by atoms with Crippen molar-refractivity contribution in [2.75, 3.05) is 19.6 Å². The van der Waals surface area contributed by atoms with Crippen molar-refractivity contribution in [2.24, 2.45) is 5.41 Å². The second-order valence-corrected chi connectivity index (χ2v) is 5.77. The van der Waals surface area contributed by atoms with E-state index in [1.165, 1.54) is 25.1 Å². The minimum atomic E-state index is 0.467. The number of rotatable bonds is 5. The van der Waals surface area contributed by atoms with Gasteiger partial charge in [-0.2, -0.15) is 0 Å². The molecule has 1 aliphatic heterocycles. The number of furan rings is 1. The molecule has 1 fully saturated rings. The molecule has 1 N–H and O–H groups in total. The minimum Gasteiger partial charge on any atom is -0.468 e. The summed E-state index contributed by atoms with van der Waals surface area (Å²) in [6, 6.07) is 2.08. The molecule has 0 atom stereocenters. The van der Waals surface area contributed by atoms with E-state index in [4.69, 9.17) is 4.42 Å². The Morgan fingerprint density at radius 2 is 2.29 bits per heavy atom. The fraction of sp³-hybridized carbons (Fsp3) is 0.714. The van der Waals surface area contributed by atoms with Crippen molar-refractivity contribution in [3.63, 3.8) is 0 Å². The summed E-state index contributed by atoms with van der Waals surface area (Å²) in [4.78, 5) is 2.49. The highest BCUT2D eigenvalue weighted by molar-refractivity contribution is 5.17. The summed E-state index contributed by atoms with van der Waals surface area (Å²) < 4.78 is 5.61. The summed E-state index contributed by atoms with van der Waals surface area (Å²) in [5, 5.41) is 3.35. The van der Waals surface area contributed by atoms with Crippen LogP contribution in [0.4, 0.5) is 0 Å². The van der Waals surface area contributed by atoms with E-state index in [-0.39, 0.29) is 0 Å². The summed E-state index contributed by atoms with van der Waals surface area (Å²) in [6.07, 6.45) is 3.10. The maximum atomic E-state index is 5.61. The summed E-state index contributed by atoms with van der Waals surface area (Å²) in [5.41, 5.74) is 1.77. The molecule has 1 aliphatic rings. The fourth-order valence-corrected chi connectivity index (χ4v) is 2.49. The first-order chi connectivity index (χ1) is 8.11. The van der Waals surface area contributed by atoms with Crippen LogP contribution in [0.5, 0.6) is 0 Å². The number of likely N-dealkylation sites (tertiary alicyclic amines) is 1. The molecule has 3 heteroatoms. The molecule has 96 valence electrons. The molecule has 0 radical (unpaired) electrons. The average molecular weight is 236 g/mol. The molecule has 0 spiro atoms. The van der Waals surface area contributed by atoms with Crippen LogP contribution >= 0.6 is 0 Å². The monoisotopic (exact) mass is 236 g/mol. The standard InChI is InChI=1S/C14H24N2O/c1-4-15-9-12-5-8-17-13(12)10-16-7-6-14(2,3)11-16/h5,8,15H,4,6-7,9-11H2,1-3H3. The Kier molecular flexibility index (Phi) is 3.89. The summed E-state index contributed by atoms with van der Waals surface area (Å²) in [6.45, 7) is 12.0. The van der Waals surface area contributed by atoms with Crippen LogP contribution in [0.3, 0.4) is 0 Å². The Morgan fingerprint density at radius 1 is 1.47 bits per heavy atom. The van der Waals surface area contributed by atoms with Gasteiger partial charge in [0.05, 0.1) is 12.8 Å². The zero-order chi connectivity index (χ0) is 12.3. The van der Waals surface area contributed by atoms with E-state index in [9.17, 15) is 0 Å². The molecule has 0 amide bonds. The number of nitrogens with zero attached hydrogens (tertiary/aromatic N) is 1. The Hall–Kier alpha value is -0.800. The molecular weight excluding hydrogens is 212 g/mol. The molecule has 0 saturated carbocycles. The molecule has 17 heavy (non-hydrogen) atoms. The number of nitrogens with one attached hydrogen (secondary N) is 1. The predicted octanol–water partition coefficient (Wildman–Crippen LogP) is 2.62. The smallest absolute Gasteiger partial charge is 0.122 e. The third-order valence-corrected chi connectivity index (χ3v) is 3.53. The summed E-state index contributed by atoms with van der Waals surface area (Å²) in [5.74, 6) is 1.13. The van der Waals surface area contributed by atoms with Gasteiger partial charge in [0.1, 0.15) is 5.76 Å². The topological polar surface area (TPSA) is 28.4 Å². The first-order valence-corrected chi connectivity index (χ1v) is 6.59. The van der Waals surface area contributed by atoms with E-state index >= 15 is 0 Å². The Balaban J connectivity index is 1.92. The van der Waals surface area contributed by atoms with Crippen LogP contribution in [0.25, 0.3) is 0 Å². The quantitative estimate of drug-likeness (QED) is 0.852. The molecular formula is C14H24N2O. The van der Waals surface area contributed by atoms with Crippen molar-refractivity contribution >= 4 is 0 Å². The lowest BCUT2D eigenvalue weighted by Crippen LogP contribution is -2.23. The van der Waals surface area contributed by atoms with Crippen LogP contribution in [-0.4, -0.2) is 24.5 Å². The lowest BCUT2D eigenvalue weighted by Gasteiger charge is -2.19. The van der Waals surface area contributed by atoms with Gasteiger partial charge in [-0.1, -0.05) is 20.8 Å². The van der Waals surface area contributed by atoms with E-state index < -0.39 is 0 Å². The van der Waals surface area contributed by atoms with Gasteiger partial charge in [0.25, 0.3) is 0 Å².